The number of carbonyl (C=O) groups is 1. The number of carbonyl (C=O) groups excluding carboxylic acids is 1. The molecule has 0 aliphatic carbocycles. The van der Waals surface area contributed by atoms with E-state index in [9.17, 15) is 4.79 Å². The van der Waals surface area contributed by atoms with Crippen molar-refractivity contribution in [3.05, 3.63) is 70.3 Å². The summed E-state index contributed by atoms with van der Waals surface area (Å²) in [6.45, 7) is 4.94. The molecule has 1 fully saturated rings. The number of hydrogen-bond acceptors (Lipinski definition) is 4. The molecule has 2 aromatic carbocycles. The fourth-order valence-electron chi connectivity index (χ4n) is 3.57. The van der Waals surface area contributed by atoms with E-state index in [2.05, 4.69) is 15.3 Å². The number of morpholine rings is 1. The second-order valence-electron chi connectivity index (χ2n) is 7.35. The summed E-state index contributed by atoms with van der Waals surface area (Å²) in [6, 6.07) is 16.5. The molecule has 1 N–H and O–H groups in total. The van der Waals surface area contributed by atoms with Crippen molar-refractivity contribution < 1.29 is 9.53 Å². The molecule has 0 bridgehead atoms. The van der Waals surface area contributed by atoms with Crippen molar-refractivity contribution in [2.24, 2.45) is 0 Å². The zero-order valence-corrected chi connectivity index (χ0v) is 18.6. The summed E-state index contributed by atoms with van der Waals surface area (Å²) in [4.78, 5) is 15.4. The average Bonchev–Trinajstić information content (AvgIpc) is 3.23. The molecule has 0 unspecified atom stereocenters. The first-order valence-corrected chi connectivity index (χ1v) is 11.1. The summed E-state index contributed by atoms with van der Waals surface area (Å²) < 4.78 is 6.99. The van der Waals surface area contributed by atoms with Gasteiger partial charge in [0.25, 0.3) is 5.91 Å². The van der Waals surface area contributed by atoms with Crippen LogP contribution in [0.3, 0.4) is 0 Å². The maximum absolute atomic E-state index is 13.0. The topological polar surface area (TPSA) is 59.4 Å². The van der Waals surface area contributed by atoms with Crippen molar-refractivity contribution in [3.8, 4) is 16.9 Å². The molecule has 0 saturated carbocycles. The largest absolute Gasteiger partial charge is 0.379 e. The van der Waals surface area contributed by atoms with E-state index >= 15 is 0 Å². The molecule has 31 heavy (non-hydrogen) atoms. The van der Waals surface area contributed by atoms with E-state index in [-0.39, 0.29) is 5.91 Å². The van der Waals surface area contributed by atoms with Gasteiger partial charge in [0, 0.05) is 30.2 Å². The lowest BCUT2D eigenvalue weighted by Gasteiger charge is -2.26. The Kier molecular flexibility index (Phi) is 7.25. The van der Waals surface area contributed by atoms with Gasteiger partial charge in [-0.25, -0.2) is 4.68 Å². The molecule has 0 radical (unpaired) electrons. The summed E-state index contributed by atoms with van der Waals surface area (Å²) in [6.07, 6.45) is 0.869. The van der Waals surface area contributed by atoms with Crippen LogP contribution in [0.2, 0.25) is 10.0 Å². The predicted octanol–water partition coefficient (Wildman–Crippen LogP) is 4.30. The minimum atomic E-state index is -0.187. The molecular weight excluding hydrogens is 435 g/mol. The van der Waals surface area contributed by atoms with Gasteiger partial charge < -0.3 is 10.1 Å². The van der Waals surface area contributed by atoms with E-state index in [0.717, 1.165) is 44.8 Å². The SMILES string of the molecule is O=C(NCCCN1CCOCC1)c1cc(-c2ccccc2Cl)nn1-c1cccc(Cl)c1. The fourth-order valence-corrected chi connectivity index (χ4v) is 3.99. The average molecular weight is 459 g/mol. The van der Waals surface area contributed by atoms with E-state index in [1.165, 1.54) is 0 Å². The lowest BCUT2D eigenvalue weighted by atomic mass is 10.1. The molecule has 3 aromatic rings. The molecule has 1 saturated heterocycles. The first kappa shape index (κ1) is 21.8. The summed E-state index contributed by atoms with van der Waals surface area (Å²) in [5.74, 6) is -0.187. The van der Waals surface area contributed by atoms with Gasteiger partial charge in [0.15, 0.2) is 0 Å². The van der Waals surface area contributed by atoms with E-state index < -0.39 is 0 Å². The quantitative estimate of drug-likeness (QED) is 0.536. The number of rotatable bonds is 7. The molecule has 1 aliphatic rings. The molecular formula is C23H24Cl2N4O2. The van der Waals surface area contributed by atoms with E-state index in [4.69, 9.17) is 27.9 Å². The number of nitrogens with one attached hydrogen (secondary N) is 1. The molecule has 1 aliphatic heterocycles. The predicted molar refractivity (Wildman–Crippen MR) is 123 cm³/mol. The van der Waals surface area contributed by atoms with Crippen LogP contribution in [0.15, 0.2) is 54.6 Å². The molecule has 8 heteroatoms. The third kappa shape index (κ3) is 5.46. The Bertz CT molecular complexity index is 1050. The second-order valence-corrected chi connectivity index (χ2v) is 8.19. The molecule has 4 rings (SSSR count). The summed E-state index contributed by atoms with van der Waals surface area (Å²) in [7, 11) is 0. The molecule has 1 aromatic heterocycles. The Morgan fingerprint density at radius 3 is 2.65 bits per heavy atom. The molecule has 0 spiro atoms. The van der Waals surface area contributed by atoms with Gasteiger partial charge in [-0.2, -0.15) is 5.10 Å². The Balaban J connectivity index is 1.53. The number of benzene rings is 2. The fraction of sp³-hybridized carbons (Fsp3) is 0.304. The minimum Gasteiger partial charge on any atom is -0.379 e. The standard InChI is InChI=1S/C23H24Cl2N4O2/c24-17-5-3-6-18(15-17)29-22(16-21(27-29)19-7-1-2-8-20(19)25)23(30)26-9-4-10-28-11-13-31-14-12-28/h1-3,5-8,15-16H,4,9-14H2,(H,26,30). The van der Waals surface area contributed by atoms with Crippen LogP contribution in [0.1, 0.15) is 16.9 Å². The molecule has 2 heterocycles. The second kappa shape index (κ2) is 10.3. The van der Waals surface area contributed by atoms with Crippen molar-refractivity contribution in [3.63, 3.8) is 0 Å². The van der Waals surface area contributed by atoms with Crippen LogP contribution in [0, 0.1) is 0 Å². The van der Waals surface area contributed by atoms with Crippen LogP contribution in [0.4, 0.5) is 0 Å². The van der Waals surface area contributed by atoms with Gasteiger partial charge in [-0.1, -0.05) is 47.5 Å². The van der Waals surface area contributed by atoms with E-state index in [1.54, 1.807) is 28.9 Å². The summed E-state index contributed by atoms with van der Waals surface area (Å²) in [5.41, 5.74) is 2.54. The minimum absolute atomic E-state index is 0.187. The number of halogens is 2. The normalized spacial score (nSPS) is 14.5. The number of hydrogen-bond donors (Lipinski definition) is 1. The van der Waals surface area contributed by atoms with Gasteiger partial charge in [-0.3, -0.25) is 9.69 Å². The van der Waals surface area contributed by atoms with Gasteiger partial charge in [-0.15, -0.1) is 0 Å². The lowest BCUT2D eigenvalue weighted by Crippen LogP contribution is -2.38. The Labute approximate surface area is 191 Å². The number of amides is 1. The third-order valence-electron chi connectivity index (χ3n) is 5.18. The van der Waals surface area contributed by atoms with Gasteiger partial charge in [-0.05, 0) is 43.3 Å². The van der Waals surface area contributed by atoms with Crippen LogP contribution in [-0.4, -0.2) is 60.0 Å². The maximum Gasteiger partial charge on any atom is 0.270 e. The summed E-state index contributed by atoms with van der Waals surface area (Å²) in [5, 5.41) is 8.84. The van der Waals surface area contributed by atoms with E-state index in [0.29, 0.717) is 33.7 Å². The van der Waals surface area contributed by atoms with Crippen LogP contribution in [0.5, 0.6) is 0 Å². The summed E-state index contributed by atoms with van der Waals surface area (Å²) >= 11 is 12.5. The van der Waals surface area contributed by atoms with Crippen molar-refractivity contribution in [1.82, 2.24) is 20.0 Å². The van der Waals surface area contributed by atoms with Crippen LogP contribution >= 0.6 is 23.2 Å². The molecule has 1 amide bonds. The zero-order valence-electron chi connectivity index (χ0n) is 17.1. The molecule has 6 nitrogen and oxygen atoms in total. The van der Waals surface area contributed by atoms with Crippen molar-refractivity contribution in [2.75, 3.05) is 39.4 Å². The Morgan fingerprint density at radius 2 is 1.87 bits per heavy atom. The van der Waals surface area contributed by atoms with Crippen LogP contribution in [-0.2, 0) is 4.74 Å². The molecule has 0 atom stereocenters. The Hall–Kier alpha value is -2.38. The van der Waals surface area contributed by atoms with Crippen molar-refractivity contribution >= 4 is 29.1 Å². The van der Waals surface area contributed by atoms with Crippen LogP contribution in [0.25, 0.3) is 16.9 Å². The zero-order chi connectivity index (χ0) is 21.6. The molecule has 162 valence electrons. The lowest BCUT2D eigenvalue weighted by molar-refractivity contribution is 0.0374. The van der Waals surface area contributed by atoms with Crippen LogP contribution < -0.4 is 5.32 Å². The highest BCUT2D eigenvalue weighted by atomic mass is 35.5. The van der Waals surface area contributed by atoms with Gasteiger partial charge in [0.05, 0.1) is 29.6 Å². The van der Waals surface area contributed by atoms with Crippen molar-refractivity contribution in [1.29, 1.82) is 0 Å². The van der Waals surface area contributed by atoms with Crippen molar-refractivity contribution in [2.45, 2.75) is 6.42 Å². The Morgan fingerprint density at radius 1 is 1.06 bits per heavy atom. The highest BCUT2D eigenvalue weighted by Crippen LogP contribution is 2.28. The maximum atomic E-state index is 13.0. The highest BCUT2D eigenvalue weighted by Gasteiger charge is 2.19. The van der Waals surface area contributed by atoms with Gasteiger partial charge >= 0.3 is 0 Å². The first-order chi connectivity index (χ1) is 15.1. The third-order valence-corrected chi connectivity index (χ3v) is 5.75. The number of nitrogens with zero attached hydrogens (tertiary/aromatic N) is 3. The number of aromatic nitrogens is 2. The van der Waals surface area contributed by atoms with Gasteiger partial charge in [0.2, 0.25) is 0 Å². The number of ether oxygens (including phenoxy) is 1. The monoisotopic (exact) mass is 458 g/mol. The van der Waals surface area contributed by atoms with Gasteiger partial charge in [0.1, 0.15) is 5.69 Å². The first-order valence-electron chi connectivity index (χ1n) is 10.3. The van der Waals surface area contributed by atoms with E-state index in [1.807, 2.05) is 30.3 Å². The smallest absolute Gasteiger partial charge is 0.270 e. The highest BCUT2D eigenvalue weighted by molar-refractivity contribution is 6.33.